The van der Waals surface area contributed by atoms with E-state index in [1.165, 1.54) is 0 Å². The zero-order chi connectivity index (χ0) is 12.1. The van der Waals surface area contributed by atoms with Gasteiger partial charge in [-0.15, -0.1) is 5.10 Å². The Morgan fingerprint density at radius 1 is 1.41 bits per heavy atom. The number of nitrogens with zero attached hydrogens (tertiary/aromatic N) is 3. The number of benzene rings is 1. The van der Waals surface area contributed by atoms with E-state index in [1.807, 2.05) is 37.4 Å². The van der Waals surface area contributed by atoms with E-state index in [9.17, 15) is 0 Å². The minimum Gasteiger partial charge on any atom is -0.494 e. The monoisotopic (exact) mass is 232 g/mol. The minimum atomic E-state index is 0.557. The largest absolute Gasteiger partial charge is 0.494 e. The van der Waals surface area contributed by atoms with Crippen LogP contribution in [0.25, 0.3) is 11.3 Å². The summed E-state index contributed by atoms with van der Waals surface area (Å²) in [7, 11) is 0. The lowest BCUT2D eigenvalue weighted by Gasteiger charge is -2.03. The molecule has 0 radical (unpaired) electrons. The first-order valence-electron chi connectivity index (χ1n) is 5.67. The van der Waals surface area contributed by atoms with Gasteiger partial charge in [0.1, 0.15) is 11.4 Å². The summed E-state index contributed by atoms with van der Waals surface area (Å²) in [5, 5.41) is 8.11. The summed E-state index contributed by atoms with van der Waals surface area (Å²) in [6.45, 7) is 3.85. The molecule has 0 aliphatic heterocycles. The molecule has 90 valence electrons. The first-order valence-corrected chi connectivity index (χ1v) is 5.67. The third-order valence-corrected chi connectivity index (χ3v) is 2.34. The molecule has 2 rings (SSSR count). The second-order valence-electron chi connectivity index (χ2n) is 3.62. The van der Waals surface area contributed by atoms with Gasteiger partial charge in [0.15, 0.2) is 0 Å². The Labute approximate surface area is 100 Å². The first kappa shape index (κ1) is 11.6. The minimum absolute atomic E-state index is 0.557. The summed E-state index contributed by atoms with van der Waals surface area (Å²) in [6.07, 6.45) is 1.89. The van der Waals surface area contributed by atoms with Crippen molar-refractivity contribution in [3.8, 4) is 17.0 Å². The summed E-state index contributed by atoms with van der Waals surface area (Å²) in [6, 6.07) is 7.82. The second-order valence-corrected chi connectivity index (χ2v) is 3.62. The zero-order valence-corrected chi connectivity index (χ0v) is 9.84. The van der Waals surface area contributed by atoms with E-state index in [2.05, 4.69) is 10.3 Å². The molecule has 0 saturated carbocycles. The number of aromatic nitrogens is 3. The maximum Gasteiger partial charge on any atom is 0.119 e. The highest BCUT2D eigenvalue weighted by molar-refractivity contribution is 5.59. The van der Waals surface area contributed by atoms with Crippen molar-refractivity contribution >= 4 is 0 Å². The molecule has 0 aliphatic carbocycles. The molecule has 0 fully saturated rings. The van der Waals surface area contributed by atoms with E-state index in [4.69, 9.17) is 10.5 Å². The zero-order valence-electron chi connectivity index (χ0n) is 9.84. The number of ether oxygens (including phenoxy) is 1. The molecule has 2 aromatic rings. The van der Waals surface area contributed by atoms with Crippen molar-refractivity contribution in [2.24, 2.45) is 5.73 Å². The van der Waals surface area contributed by atoms with Crippen LogP contribution >= 0.6 is 0 Å². The van der Waals surface area contributed by atoms with E-state index in [1.54, 1.807) is 4.68 Å². The fourth-order valence-corrected chi connectivity index (χ4v) is 1.58. The molecule has 0 unspecified atom stereocenters. The Hall–Kier alpha value is -1.88. The Kier molecular flexibility index (Phi) is 3.72. The summed E-state index contributed by atoms with van der Waals surface area (Å²) in [5.41, 5.74) is 7.30. The molecule has 1 heterocycles. The van der Waals surface area contributed by atoms with Crippen LogP contribution in [-0.4, -0.2) is 28.1 Å². The lowest BCUT2D eigenvalue weighted by Crippen LogP contribution is -2.10. The number of hydrogen-bond donors (Lipinski definition) is 1. The molecule has 0 spiro atoms. The summed E-state index contributed by atoms with van der Waals surface area (Å²) in [4.78, 5) is 0. The predicted molar refractivity (Wildman–Crippen MR) is 65.7 cm³/mol. The van der Waals surface area contributed by atoms with Gasteiger partial charge < -0.3 is 10.5 Å². The van der Waals surface area contributed by atoms with Gasteiger partial charge in [0.25, 0.3) is 0 Å². The smallest absolute Gasteiger partial charge is 0.119 e. The van der Waals surface area contributed by atoms with E-state index in [0.717, 1.165) is 17.0 Å². The third-order valence-electron chi connectivity index (χ3n) is 2.34. The van der Waals surface area contributed by atoms with Gasteiger partial charge >= 0.3 is 0 Å². The maximum atomic E-state index is 5.46. The van der Waals surface area contributed by atoms with E-state index >= 15 is 0 Å². The van der Waals surface area contributed by atoms with Crippen LogP contribution < -0.4 is 10.5 Å². The molecule has 2 N–H and O–H groups in total. The highest BCUT2D eigenvalue weighted by Gasteiger charge is 2.04. The van der Waals surface area contributed by atoms with Crippen LogP contribution in [0.4, 0.5) is 0 Å². The predicted octanol–water partition coefficient (Wildman–Crippen LogP) is 1.30. The second kappa shape index (κ2) is 5.45. The number of nitrogens with two attached hydrogens (primary N) is 1. The fourth-order valence-electron chi connectivity index (χ4n) is 1.58. The summed E-state index contributed by atoms with van der Waals surface area (Å²) < 4.78 is 7.19. The van der Waals surface area contributed by atoms with Crippen molar-refractivity contribution in [2.45, 2.75) is 13.5 Å². The lowest BCUT2D eigenvalue weighted by molar-refractivity contribution is 0.340. The Morgan fingerprint density at radius 2 is 2.29 bits per heavy atom. The molecule has 5 heteroatoms. The van der Waals surface area contributed by atoms with Crippen molar-refractivity contribution in [2.75, 3.05) is 13.2 Å². The molecule has 0 atom stereocenters. The molecule has 1 aromatic heterocycles. The van der Waals surface area contributed by atoms with Crippen LogP contribution in [0.1, 0.15) is 6.92 Å². The van der Waals surface area contributed by atoms with Crippen LogP contribution in [0.5, 0.6) is 5.75 Å². The van der Waals surface area contributed by atoms with E-state index in [0.29, 0.717) is 19.7 Å². The van der Waals surface area contributed by atoms with Crippen LogP contribution in [-0.2, 0) is 6.54 Å². The standard InChI is InChI=1S/C12H16N4O/c1-2-17-11-5-3-4-10(8-11)12-9-16(7-6-13)15-14-12/h3-5,8-9H,2,6-7,13H2,1H3. The Balaban J connectivity index is 2.22. The molecular formula is C12H16N4O. The van der Waals surface area contributed by atoms with Crippen molar-refractivity contribution in [3.63, 3.8) is 0 Å². The van der Waals surface area contributed by atoms with Gasteiger partial charge in [-0.3, -0.25) is 4.68 Å². The van der Waals surface area contributed by atoms with Gasteiger partial charge in [-0.2, -0.15) is 0 Å². The van der Waals surface area contributed by atoms with Gasteiger partial charge in [0.05, 0.1) is 19.3 Å². The van der Waals surface area contributed by atoms with Crippen LogP contribution in [0.2, 0.25) is 0 Å². The Morgan fingerprint density at radius 3 is 3.06 bits per heavy atom. The highest BCUT2D eigenvalue weighted by Crippen LogP contribution is 2.21. The topological polar surface area (TPSA) is 66.0 Å². The van der Waals surface area contributed by atoms with Gasteiger partial charge in [0.2, 0.25) is 0 Å². The first-order chi connectivity index (χ1) is 8.33. The normalized spacial score (nSPS) is 10.5. The van der Waals surface area contributed by atoms with E-state index < -0.39 is 0 Å². The van der Waals surface area contributed by atoms with Gasteiger partial charge in [-0.1, -0.05) is 17.3 Å². The molecule has 0 saturated heterocycles. The van der Waals surface area contributed by atoms with Crippen molar-refractivity contribution < 1.29 is 4.74 Å². The van der Waals surface area contributed by atoms with Crippen molar-refractivity contribution in [3.05, 3.63) is 30.5 Å². The van der Waals surface area contributed by atoms with Crippen LogP contribution in [0.3, 0.4) is 0 Å². The average molecular weight is 232 g/mol. The van der Waals surface area contributed by atoms with E-state index in [-0.39, 0.29) is 0 Å². The number of rotatable bonds is 5. The molecule has 0 amide bonds. The lowest BCUT2D eigenvalue weighted by atomic mass is 10.1. The maximum absolute atomic E-state index is 5.46. The van der Waals surface area contributed by atoms with Crippen molar-refractivity contribution in [1.82, 2.24) is 15.0 Å². The number of hydrogen-bond acceptors (Lipinski definition) is 4. The quantitative estimate of drug-likeness (QED) is 0.844. The van der Waals surface area contributed by atoms with Gasteiger partial charge in [-0.05, 0) is 19.1 Å². The van der Waals surface area contributed by atoms with Gasteiger partial charge in [0, 0.05) is 12.1 Å². The van der Waals surface area contributed by atoms with Crippen LogP contribution in [0.15, 0.2) is 30.5 Å². The van der Waals surface area contributed by atoms with Crippen LogP contribution in [0, 0.1) is 0 Å². The molecule has 0 aliphatic rings. The molecular weight excluding hydrogens is 216 g/mol. The average Bonchev–Trinajstić information content (AvgIpc) is 2.79. The molecule has 17 heavy (non-hydrogen) atoms. The fraction of sp³-hybridized carbons (Fsp3) is 0.333. The SMILES string of the molecule is CCOc1cccc(-c2cn(CCN)nn2)c1. The summed E-state index contributed by atoms with van der Waals surface area (Å²) in [5.74, 6) is 0.846. The highest BCUT2D eigenvalue weighted by atomic mass is 16.5. The summed E-state index contributed by atoms with van der Waals surface area (Å²) >= 11 is 0. The molecule has 5 nitrogen and oxygen atoms in total. The van der Waals surface area contributed by atoms with Crippen molar-refractivity contribution in [1.29, 1.82) is 0 Å². The Bertz CT molecular complexity index is 481. The van der Waals surface area contributed by atoms with Gasteiger partial charge in [-0.25, -0.2) is 0 Å². The molecule has 1 aromatic carbocycles. The third kappa shape index (κ3) is 2.82. The molecule has 0 bridgehead atoms.